The number of β-amino-alcohol motifs (C(OH)–C–C–N with tert-alkyl or cyclic N) is 1. The Kier molecular flexibility index (Phi) is 8.06. The summed E-state index contributed by atoms with van der Waals surface area (Å²) in [5.41, 5.74) is -0.155. The molecule has 2 N–H and O–H groups in total. The summed E-state index contributed by atoms with van der Waals surface area (Å²) < 4.78 is 68.3. The summed E-state index contributed by atoms with van der Waals surface area (Å²) in [6.07, 6.45) is -0.907. The van der Waals surface area contributed by atoms with E-state index in [1.165, 1.54) is 4.90 Å². The molecule has 2 aliphatic heterocycles. The standard InChI is InChI=1S/C26H29F5N6O3/c27-20-12-22(33-25(39)37-13-17(38)14-37)21(28)11-19(20)15-1-3-16(4-2-15)35-40-18-6-9-36(10-7-18)24-32-8-5-23(34-24)26(29,30)31/h5,8,11-12,15,17-18,38H,1-4,6-7,9-10,13-14H2,(H,33,39). The average Bonchev–Trinajstić information content (AvgIpc) is 2.92. The molecule has 2 aromatic rings. The molecule has 1 aromatic carbocycles. The summed E-state index contributed by atoms with van der Waals surface area (Å²) in [5, 5.41) is 15.9. The van der Waals surface area contributed by atoms with E-state index in [2.05, 4.69) is 20.4 Å². The van der Waals surface area contributed by atoms with Crippen molar-refractivity contribution in [3.8, 4) is 0 Å². The number of hydrogen-bond donors (Lipinski definition) is 2. The molecule has 14 heteroatoms. The number of nitrogens with zero attached hydrogens (tertiary/aromatic N) is 5. The highest BCUT2D eigenvalue weighted by Crippen LogP contribution is 2.35. The Morgan fingerprint density at radius 1 is 1.07 bits per heavy atom. The number of aliphatic hydroxyl groups is 1. The molecule has 0 bridgehead atoms. The molecule has 0 atom stereocenters. The molecular formula is C26H29F5N6O3. The van der Waals surface area contributed by atoms with Crippen LogP contribution in [0.25, 0.3) is 0 Å². The number of aromatic nitrogens is 2. The zero-order valence-electron chi connectivity index (χ0n) is 21.5. The smallest absolute Gasteiger partial charge is 0.392 e. The van der Waals surface area contributed by atoms with Crippen LogP contribution in [0.1, 0.15) is 55.7 Å². The highest BCUT2D eigenvalue weighted by molar-refractivity contribution is 5.90. The lowest BCUT2D eigenvalue weighted by molar-refractivity contribution is -0.141. The van der Waals surface area contributed by atoms with Gasteiger partial charge in [-0.3, -0.25) is 0 Å². The van der Waals surface area contributed by atoms with E-state index in [1.807, 2.05) is 0 Å². The summed E-state index contributed by atoms with van der Waals surface area (Å²) in [4.78, 5) is 28.4. The van der Waals surface area contributed by atoms with E-state index >= 15 is 0 Å². The van der Waals surface area contributed by atoms with Gasteiger partial charge in [-0.15, -0.1) is 0 Å². The van der Waals surface area contributed by atoms with Gasteiger partial charge in [0.05, 0.1) is 30.6 Å². The number of urea groups is 1. The minimum absolute atomic E-state index is 0.0352. The first-order chi connectivity index (χ1) is 19.1. The van der Waals surface area contributed by atoms with Crippen LogP contribution in [0.15, 0.2) is 29.6 Å². The predicted molar refractivity (Wildman–Crippen MR) is 135 cm³/mol. The van der Waals surface area contributed by atoms with Crippen molar-refractivity contribution in [3.63, 3.8) is 0 Å². The zero-order valence-corrected chi connectivity index (χ0v) is 21.5. The molecule has 2 saturated heterocycles. The predicted octanol–water partition coefficient (Wildman–Crippen LogP) is 4.68. The zero-order chi connectivity index (χ0) is 28.4. The van der Waals surface area contributed by atoms with E-state index < -0.39 is 35.6 Å². The summed E-state index contributed by atoms with van der Waals surface area (Å²) >= 11 is 0. The number of alkyl halides is 3. The molecule has 0 unspecified atom stereocenters. The van der Waals surface area contributed by atoms with Gasteiger partial charge in [0.2, 0.25) is 5.95 Å². The fourth-order valence-corrected chi connectivity index (χ4v) is 5.11. The van der Waals surface area contributed by atoms with Gasteiger partial charge in [-0.2, -0.15) is 13.2 Å². The van der Waals surface area contributed by atoms with E-state index in [0.717, 1.165) is 30.1 Å². The molecule has 0 radical (unpaired) electrons. The molecule has 5 rings (SSSR count). The number of rotatable bonds is 5. The number of amides is 2. The highest BCUT2D eigenvalue weighted by atomic mass is 19.4. The Balaban J connectivity index is 1.09. The number of carbonyl (C=O) groups is 1. The molecular weight excluding hydrogens is 539 g/mol. The first-order valence-corrected chi connectivity index (χ1v) is 13.2. The SMILES string of the molecule is O=C(Nc1cc(F)c(C2CCC(=NOC3CCN(c4nccc(C(F)(F)F)n4)CC3)CC2)cc1F)N1CC(O)C1. The Labute approximate surface area is 227 Å². The monoisotopic (exact) mass is 568 g/mol. The van der Waals surface area contributed by atoms with E-state index in [4.69, 9.17) is 4.84 Å². The van der Waals surface area contributed by atoms with Crippen LogP contribution in [0, 0.1) is 11.6 Å². The first-order valence-electron chi connectivity index (χ1n) is 13.2. The van der Waals surface area contributed by atoms with Crippen molar-refractivity contribution < 1.29 is 36.7 Å². The summed E-state index contributed by atoms with van der Waals surface area (Å²) in [6.45, 7) is 1.16. The second-order valence-electron chi connectivity index (χ2n) is 10.3. The normalized spacial score (nSPS) is 20.8. The number of aliphatic hydroxyl groups excluding tert-OH is 1. The number of oxime groups is 1. The molecule has 3 fully saturated rings. The lowest BCUT2D eigenvalue weighted by atomic mass is 9.83. The average molecular weight is 569 g/mol. The van der Waals surface area contributed by atoms with Crippen molar-refractivity contribution in [2.45, 2.75) is 62.8 Å². The van der Waals surface area contributed by atoms with Crippen LogP contribution >= 0.6 is 0 Å². The number of benzene rings is 1. The van der Waals surface area contributed by atoms with Crippen LogP contribution in [0.5, 0.6) is 0 Å². The highest BCUT2D eigenvalue weighted by Gasteiger charge is 2.34. The van der Waals surface area contributed by atoms with E-state index in [1.54, 1.807) is 4.90 Å². The van der Waals surface area contributed by atoms with Crippen LogP contribution < -0.4 is 10.2 Å². The van der Waals surface area contributed by atoms with Crippen molar-refractivity contribution in [1.29, 1.82) is 0 Å². The van der Waals surface area contributed by atoms with Crippen molar-refractivity contribution in [2.75, 3.05) is 36.4 Å². The lowest BCUT2D eigenvalue weighted by Gasteiger charge is -2.35. The number of likely N-dealkylation sites (tertiary alicyclic amines) is 1. The molecule has 3 heterocycles. The van der Waals surface area contributed by atoms with Crippen LogP contribution in [0.3, 0.4) is 0 Å². The van der Waals surface area contributed by atoms with Gasteiger partial charge >= 0.3 is 12.2 Å². The molecule has 216 valence electrons. The fourth-order valence-electron chi connectivity index (χ4n) is 5.11. The maximum atomic E-state index is 14.9. The molecule has 0 spiro atoms. The van der Waals surface area contributed by atoms with Gasteiger partial charge in [0.25, 0.3) is 0 Å². The van der Waals surface area contributed by atoms with Gasteiger partial charge in [-0.05, 0) is 49.3 Å². The second-order valence-corrected chi connectivity index (χ2v) is 10.3. The molecule has 2 amide bonds. The minimum Gasteiger partial charge on any atom is -0.392 e. The van der Waals surface area contributed by atoms with Gasteiger partial charge in [0.1, 0.15) is 23.4 Å². The third-order valence-corrected chi connectivity index (χ3v) is 7.47. The molecule has 3 aliphatic rings. The van der Waals surface area contributed by atoms with Crippen molar-refractivity contribution in [1.82, 2.24) is 14.9 Å². The maximum Gasteiger partial charge on any atom is 0.433 e. The quantitative estimate of drug-likeness (QED) is 0.401. The minimum atomic E-state index is -4.53. The molecule has 40 heavy (non-hydrogen) atoms. The van der Waals surface area contributed by atoms with Gasteiger partial charge in [-0.25, -0.2) is 23.5 Å². The van der Waals surface area contributed by atoms with Crippen LogP contribution in [0.2, 0.25) is 0 Å². The largest absolute Gasteiger partial charge is 0.433 e. The van der Waals surface area contributed by atoms with Crippen molar-refractivity contribution in [3.05, 3.63) is 47.3 Å². The Morgan fingerprint density at radius 3 is 2.42 bits per heavy atom. The first kappa shape index (κ1) is 28.0. The summed E-state index contributed by atoms with van der Waals surface area (Å²) in [7, 11) is 0. The Bertz CT molecular complexity index is 1250. The number of halogens is 5. The van der Waals surface area contributed by atoms with Crippen LogP contribution in [0.4, 0.5) is 38.4 Å². The van der Waals surface area contributed by atoms with Crippen LogP contribution in [-0.2, 0) is 11.0 Å². The van der Waals surface area contributed by atoms with E-state index in [0.29, 0.717) is 51.6 Å². The van der Waals surface area contributed by atoms with E-state index in [9.17, 15) is 31.9 Å². The second kappa shape index (κ2) is 11.5. The van der Waals surface area contributed by atoms with Gasteiger partial charge in [0.15, 0.2) is 0 Å². The number of piperidine rings is 1. The van der Waals surface area contributed by atoms with Crippen molar-refractivity contribution in [2.24, 2.45) is 5.16 Å². The number of anilines is 2. The lowest BCUT2D eigenvalue weighted by Crippen LogP contribution is -2.54. The third-order valence-electron chi connectivity index (χ3n) is 7.47. The summed E-state index contributed by atoms with van der Waals surface area (Å²) in [6, 6.07) is 2.36. The topological polar surface area (TPSA) is 103 Å². The summed E-state index contributed by atoms with van der Waals surface area (Å²) in [5.74, 6) is -1.50. The third kappa shape index (κ3) is 6.43. The van der Waals surface area contributed by atoms with Gasteiger partial charge in [0, 0.05) is 38.2 Å². The molecule has 1 aromatic heterocycles. The van der Waals surface area contributed by atoms with E-state index in [-0.39, 0.29) is 42.3 Å². The molecule has 1 aliphatic carbocycles. The Hall–Kier alpha value is -3.55. The van der Waals surface area contributed by atoms with Crippen molar-refractivity contribution >= 4 is 23.4 Å². The van der Waals surface area contributed by atoms with Gasteiger partial charge < -0.3 is 25.1 Å². The maximum absolute atomic E-state index is 14.9. The molecule has 9 nitrogen and oxygen atoms in total. The van der Waals surface area contributed by atoms with Gasteiger partial charge in [-0.1, -0.05) is 5.16 Å². The fraction of sp³-hybridized carbons (Fsp3) is 0.538. The number of nitrogens with one attached hydrogen (secondary N) is 1. The number of carbonyl (C=O) groups excluding carboxylic acids is 1. The van der Waals surface area contributed by atoms with Crippen LogP contribution in [-0.4, -0.2) is 70.1 Å². The Morgan fingerprint density at radius 2 is 1.77 bits per heavy atom. The molecule has 1 saturated carbocycles. The number of hydrogen-bond acceptors (Lipinski definition) is 7.